The molecule has 15 heavy (non-hydrogen) atoms. The molecular weight excluding hydrogens is 200 g/mol. The van der Waals surface area contributed by atoms with Crippen LogP contribution in [-0.4, -0.2) is 10.5 Å². The lowest BCUT2D eigenvalue weighted by Crippen LogP contribution is -1.99. The second kappa shape index (κ2) is 7.52. The smallest absolute Gasteiger partial charge is 0.204 e. The SMILES string of the molecule is CC1CCCCC1.[SiH3]Oc1ccccc1. The number of benzene rings is 1. The van der Waals surface area contributed by atoms with Crippen LogP contribution in [0.4, 0.5) is 0 Å². The van der Waals surface area contributed by atoms with E-state index in [0.29, 0.717) is 0 Å². The van der Waals surface area contributed by atoms with Gasteiger partial charge in [0.2, 0.25) is 10.5 Å². The van der Waals surface area contributed by atoms with Gasteiger partial charge in [-0.15, -0.1) is 0 Å². The van der Waals surface area contributed by atoms with Gasteiger partial charge < -0.3 is 4.43 Å². The quantitative estimate of drug-likeness (QED) is 0.664. The maximum atomic E-state index is 5.05. The van der Waals surface area contributed by atoms with E-state index in [2.05, 4.69) is 6.92 Å². The van der Waals surface area contributed by atoms with Crippen LogP contribution in [0.25, 0.3) is 0 Å². The van der Waals surface area contributed by atoms with Crippen molar-refractivity contribution >= 4 is 10.5 Å². The van der Waals surface area contributed by atoms with E-state index in [1.165, 1.54) is 32.1 Å². The summed E-state index contributed by atoms with van der Waals surface area (Å²) in [6, 6.07) is 9.81. The van der Waals surface area contributed by atoms with Crippen molar-refractivity contribution in [3.05, 3.63) is 30.3 Å². The molecule has 1 aromatic carbocycles. The van der Waals surface area contributed by atoms with Crippen LogP contribution in [0.1, 0.15) is 39.0 Å². The van der Waals surface area contributed by atoms with E-state index >= 15 is 0 Å². The Balaban J connectivity index is 0.000000151. The summed E-state index contributed by atoms with van der Waals surface area (Å²) < 4.78 is 5.05. The predicted molar refractivity (Wildman–Crippen MR) is 69.3 cm³/mol. The monoisotopic (exact) mass is 222 g/mol. The zero-order chi connectivity index (χ0) is 10.9. The minimum Gasteiger partial charge on any atom is -0.553 e. The summed E-state index contributed by atoms with van der Waals surface area (Å²) in [5.74, 6) is 2.01. The van der Waals surface area contributed by atoms with Gasteiger partial charge in [-0.3, -0.25) is 0 Å². The fraction of sp³-hybridized carbons (Fsp3) is 0.538. The molecule has 1 fully saturated rings. The van der Waals surface area contributed by atoms with E-state index in [0.717, 1.165) is 22.2 Å². The zero-order valence-corrected chi connectivity index (χ0v) is 11.9. The van der Waals surface area contributed by atoms with Gasteiger partial charge in [-0.05, 0) is 18.1 Å². The Bertz CT molecular complexity index is 242. The third-order valence-electron chi connectivity index (χ3n) is 2.87. The van der Waals surface area contributed by atoms with E-state index in [1.54, 1.807) is 0 Å². The molecule has 0 bridgehead atoms. The van der Waals surface area contributed by atoms with Crippen LogP contribution in [0.3, 0.4) is 0 Å². The minimum atomic E-state index is 0.777. The lowest BCUT2D eigenvalue weighted by molar-refractivity contribution is 0.385. The standard InChI is InChI=1S/C7H14.C6H8OSi/c1-7-5-3-2-4-6-7;8-7-6-4-2-1-3-5-6/h7H,2-6H2,1H3;1-5H,8H3. The van der Waals surface area contributed by atoms with Gasteiger partial charge in [0.1, 0.15) is 5.75 Å². The minimum absolute atomic E-state index is 0.777. The molecule has 84 valence electrons. The van der Waals surface area contributed by atoms with E-state index in [9.17, 15) is 0 Å². The first kappa shape index (κ1) is 12.3. The maximum Gasteiger partial charge on any atom is 0.204 e. The Morgan fingerprint density at radius 2 is 1.67 bits per heavy atom. The van der Waals surface area contributed by atoms with Crippen molar-refractivity contribution < 1.29 is 4.43 Å². The van der Waals surface area contributed by atoms with Gasteiger partial charge >= 0.3 is 0 Å². The number of para-hydroxylation sites is 1. The Kier molecular flexibility index (Phi) is 6.17. The molecule has 0 spiro atoms. The second-order valence-electron chi connectivity index (χ2n) is 4.26. The van der Waals surface area contributed by atoms with Gasteiger partial charge in [0.05, 0.1) is 0 Å². The number of rotatable bonds is 1. The van der Waals surface area contributed by atoms with Crippen LogP contribution in [0, 0.1) is 5.92 Å². The molecule has 1 saturated carbocycles. The molecule has 2 heteroatoms. The molecule has 0 amide bonds. The summed E-state index contributed by atoms with van der Waals surface area (Å²) in [5, 5.41) is 0. The molecule has 0 heterocycles. The van der Waals surface area contributed by atoms with Crippen molar-refractivity contribution in [2.75, 3.05) is 0 Å². The summed E-state index contributed by atoms with van der Waals surface area (Å²) in [4.78, 5) is 0. The lowest BCUT2D eigenvalue weighted by Gasteiger charge is -2.15. The van der Waals surface area contributed by atoms with E-state index < -0.39 is 0 Å². The molecule has 0 radical (unpaired) electrons. The number of hydrogen-bond donors (Lipinski definition) is 0. The molecule has 0 atom stereocenters. The van der Waals surface area contributed by atoms with Crippen molar-refractivity contribution in [3.63, 3.8) is 0 Å². The Morgan fingerprint density at radius 1 is 1.07 bits per heavy atom. The summed E-state index contributed by atoms with van der Waals surface area (Å²) in [5.41, 5.74) is 0. The van der Waals surface area contributed by atoms with Crippen molar-refractivity contribution in [1.82, 2.24) is 0 Å². The highest BCUT2D eigenvalue weighted by Gasteiger charge is 2.05. The van der Waals surface area contributed by atoms with E-state index in [-0.39, 0.29) is 0 Å². The van der Waals surface area contributed by atoms with Crippen LogP contribution in [0.2, 0.25) is 0 Å². The second-order valence-corrected chi connectivity index (χ2v) is 4.67. The first-order valence-electron chi connectivity index (χ1n) is 5.92. The van der Waals surface area contributed by atoms with Gasteiger partial charge in [-0.2, -0.15) is 0 Å². The van der Waals surface area contributed by atoms with Crippen LogP contribution < -0.4 is 4.43 Å². The highest BCUT2D eigenvalue weighted by Crippen LogP contribution is 2.22. The fourth-order valence-electron chi connectivity index (χ4n) is 1.86. The van der Waals surface area contributed by atoms with E-state index in [4.69, 9.17) is 4.43 Å². The van der Waals surface area contributed by atoms with Gasteiger partial charge in [0.15, 0.2) is 0 Å². The Morgan fingerprint density at radius 3 is 2.00 bits per heavy atom. The van der Waals surface area contributed by atoms with Gasteiger partial charge in [0.25, 0.3) is 0 Å². The molecule has 2 rings (SSSR count). The average molecular weight is 222 g/mol. The van der Waals surface area contributed by atoms with Crippen molar-refractivity contribution in [1.29, 1.82) is 0 Å². The zero-order valence-electron chi connectivity index (χ0n) is 9.91. The normalized spacial score (nSPS) is 16.6. The molecule has 0 N–H and O–H groups in total. The molecule has 0 saturated heterocycles. The van der Waals surface area contributed by atoms with Crippen LogP contribution in [0.5, 0.6) is 5.75 Å². The molecule has 1 aromatic rings. The van der Waals surface area contributed by atoms with Gasteiger partial charge in [0, 0.05) is 0 Å². The van der Waals surface area contributed by atoms with Crippen molar-refractivity contribution in [2.45, 2.75) is 39.0 Å². The Labute approximate surface area is 96.4 Å². The molecule has 0 aromatic heterocycles. The largest absolute Gasteiger partial charge is 0.553 e. The molecule has 1 aliphatic rings. The maximum absolute atomic E-state index is 5.05. The molecule has 0 aliphatic heterocycles. The molecule has 0 unspecified atom stereocenters. The van der Waals surface area contributed by atoms with Crippen molar-refractivity contribution in [3.8, 4) is 5.75 Å². The highest BCUT2D eigenvalue weighted by molar-refractivity contribution is 5.99. The topological polar surface area (TPSA) is 9.23 Å². The lowest BCUT2D eigenvalue weighted by atomic mass is 9.91. The third kappa shape index (κ3) is 5.63. The molecule has 1 aliphatic carbocycles. The van der Waals surface area contributed by atoms with Crippen LogP contribution in [0.15, 0.2) is 30.3 Å². The summed E-state index contributed by atoms with van der Waals surface area (Å²) in [6.07, 6.45) is 7.44. The molecule has 1 nitrogen and oxygen atoms in total. The summed E-state index contributed by atoms with van der Waals surface area (Å²) in [7, 11) is 0.777. The molecular formula is C13H22OSi. The highest BCUT2D eigenvalue weighted by atomic mass is 28.2. The first-order valence-corrected chi connectivity index (χ1v) is 6.73. The van der Waals surface area contributed by atoms with Gasteiger partial charge in [-0.1, -0.05) is 57.2 Å². The average Bonchev–Trinajstić information content (AvgIpc) is 2.32. The summed E-state index contributed by atoms with van der Waals surface area (Å²) in [6.45, 7) is 2.36. The fourth-order valence-corrected chi connectivity index (χ4v) is 2.14. The number of hydrogen-bond acceptors (Lipinski definition) is 1. The van der Waals surface area contributed by atoms with E-state index in [1.807, 2.05) is 30.3 Å². The first-order chi connectivity index (χ1) is 7.33. The van der Waals surface area contributed by atoms with Crippen molar-refractivity contribution in [2.24, 2.45) is 5.92 Å². The predicted octanol–water partition coefficient (Wildman–Crippen LogP) is 2.93. The van der Waals surface area contributed by atoms with Crippen LogP contribution >= 0.6 is 0 Å². The summed E-state index contributed by atoms with van der Waals surface area (Å²) >= 11 is 0. The third-order valence-corrected chi connectivity index (χ3v) is 3.34. The van der Waals surface area contributed by atoms with Crippen LogP contribution in [-0.2, 0) is 0 Å². The Hall–Kier alpha value is -0.763. The van der Waals surface area contributed by atoms with Gasteiger partial charge in [-0.25, -0.2) is 0 Å².